The number of unbranched alkanes of at least 4 members (excludes halogenated alkanes) is 5. The molecule has 8 heteroatoms. The van der Waals surface area contributed by atoms with Gasteiger partial charge in [-0.3, -0.25) is 9.59 Å². The molecule has 0 aromatic heterocycles. The molecule has 0 aliphatic rings. The molecule has 3 rings (SSSR count). The number of aryl methyl sites for hydroxylation is 2. The number of nitrogens with zero attached hydrogens (tertiary/aromatic N) is 1. The number of hydrogen-bond acceptors (Lipinski definition) is 5. The van der Waals surface area contributed by atoms with Crippen molar-refractivity contribution in [2.24, 2.45) is 0 Å². The fourth-order valence-corrected chi connectivity index (χ4v) is 5.63. The van der Waals surface area contributed by atoms with Crippen LogP contribution in [0.4, 0.5) is 10.5 Å². The lowest BCUT2D eigenvalue weighted by Crippen LogP contribution is -2.53. The van der Waals surface area contributed by atoms with Crippen molar-refractivity contribution in [2.75, 3.05) is 17.6 Å². The van der Waals surface area contributed by atoms with Gasteiger partial charge in [-0.2, -0.15) is 12.6 Å². The van der Waals surface area contributed by atoms with Gasteiger partial charge in [0.25, 0.3) is 5.91 Å². The second-order valence-corrected chi connectivity index (χ2v) is 12.9. The van der Waals surface area contributed by atoms with Gasteiger partial charge in [0.15, 0.2) is 0 Å². The fraction of sp³-hybridized carbons (Fsp3) is 0.472. The molecule has 0 saturated carbocycles. The minimum absolute atomic E-state index is 0.0525. The van der Waals surface area contributed by atoms with Crippen molar-refractivity contribution in [3.05, 3.63) is 77.4 Å². The zero-order valence-electron chi connectivity index (χ0n) is 27.1. The van der Waals surface area contributed by atoms with Crippen molar-refractivity contribution < 1.29 is 19.1 Å². The maximum Gasteiger partial charge on any atom is 0.408 e. The molecular weight excluding hydrogens is 570 g/mol. The highest BCUT2D eigenvalue weighted by Crippen LogP contribution is 2.28. The van der Waals surface area contributed by atoms with E-state index in [9.17, 15) is 14.4 Å². The summed E-state index contributed by atoms with van der Waals surface area (Å²) in [6.07, 6.45) is 5.46. The first-order valence-corrected chi connectivity index (χ1v) is 16.3. The average molecular weight is 620 g/mol. The average Bonchev–Trinajstić information content (AvgIpc) is 2.95. The molecule has 0 radical (unpaired) electrons. The summed E-state index contributed by atoms with van der Waals surface area (Å²) in [4.78, 5) is 42.9. The van der Waals surface area contributed by atoms with Crippen LogP contribution in [0.15, 0.2) is 60.7 Å². The smallest absolute Gasteiger partial charge is 0.408 e. The molecule has 2 unspecified atom stereocenters. The van der Waals surface area contributed by atoms with Gasteiger partial charge in [-0.15, -0.1) is 0 Å². The van der Waals surface area contributed by atoms with Gasteiger partial charge in [0.2, 0.25) is 5.91 Å². The number of rotatable bonds is 14. The third-order valence-electron chi connectivity index (χ3n) is 7.34. The molecule has 2 atom stereocenters. The highest BCUT2D eigenvalue weighted by molar-refractivity contribution is 7.80. The van der Waals surface area contributed by atoms with Gasteiger partial charge in [0.1, 0.15) is 17.7 Å². The van der Waals surface area contributed by atoms with Crippen molar-refractivity contribution in [1.29, 1.82) is 0 Å². The molecule has 0 fully saturated rings. The van der Waals surface area contributed by atoms with E-state index in [-0.39, 0.29) is 17.6 Å². The number of hydrogen-bond donors (Lipinski definition) is 3. The van der Waals surface area contributed by atoms with Gasteiger partial charge in [0, 0.05) is 18.0 Å². The molecule has 0 aliphatic carbocycles. The van der Waals surface area contributed by atoms with Crippen LogP contribution in [0.3, 0.4) is 0 Å². The van der Waals surface area contributed by atoms with Crippen molar-refractivity contribution in [1.82, 2.24) is 10.2 Å². The van der Waals surface area contributed by atoms with E-state index in [0.29, 0.717) is 12.2 Å². The second-order valence-electron chi connectivity index (χ2n) is 12.6. The minimum Gasteiger partial charge on any atom is -0.444 e. The highest BCUT2D eigenvalue weighted by atomic mass is 32.1. The zero-order valence-corrected chi connectivity index (χ0v) is 28.0. The normalized spacial score (nSPS) is 12.8. The van der Waals surface area contributed by atoms with Crippen molar-refractivity contribution in [3.63, 3.8) is 0 Å². The van der Waals surface area contributed by atoms with E-state index in [1.807, 2.05) is 74.5 Å². The molecule has 3 aromatic rings. The SMILES string of the molecule is CCCCCCCCN(C(=O)C(CS)NC(=O)OC(C)(C)C)C(C(=O)Nc1ccc2ccccc2c1)c1cc(C)cc(C)c1. The molecule has 0 saturated heterocycles. The Morgan fingerprint density at radius 2 is 1.50 bits per heavy atom. The Kier molecular flexibility index (Phi) is 13.1. The number of anilines is 1. The van der Waals surface area contributed by atoms with E-state index in [1.54, 1.807) is 25.7 Å². The molecular formula is C36H49N3O4S. The standard InChI is InChI=1S/C36H49N3O4S/c1-7-8-9-10-11-14-19-39(34(41)31(24-44)38-35(42)43-36(4,5)6)32(29-21-25(2)20-26(3)22-29)33(40)37-30-18-17-27-15-12-13-16-28(27)23-30/h12-13,15-18,20-23,31-32,44H,7-11,14,19,24H2,1-6H3,(H,37,40)(H,38,42). The largest absolute Gasteiger partial charge is 0.444 e. The monoisotopic (exact) mass is 619 g/mol. The molecule has 3 amide bonds. The van der Waals surface area contributed by atoms with E-state index < -0.39 is 23.8 Å². The van der Waals surface area contributed by atoms with Gasteiger partial charge in [-0.1, -0.05) is 98.7 Å². The molecule has 3 aromatic carbocycles. The fourth-order valence-electron chi connectivity index (χ4n) is 5.38. The number of carbonyl (C=O) groups excluding carboxylic acids is 3. The van der Waals surface area contributed by atoms with E-state index in [4.69, 9.17) is 4.74 Å². The highest BCUT2D eigenvalue weighted by Gasteiger charge is 2.36. The Balaban J connectivity index is 2.00. The summed E-state index contributed by atoms with van der Waals surface area (Å²) in [5.41, 5.74) is 2.62. The molecule has 2 N–H and O–H groups in total. The van der Waals surface area contributed by atoms with Crippen LogP contribution in [0.25, 0.3) is 10.8 Å². The molecule has 7 nitrogen and oxygen atoms in total. The molecule has 0 aliphatic heterocycles. The third-order valence-corrected chi connectivity index (χ3v) is 7.71. The summed E-state index contributed by atoms with van der Waals surface area (Å²) < 4.78 is 5.44. The summed E-state index contributed by atoms with van der Waals surface area (Å²) in [6, 6.07) is 17.8. The number of ether oxygens (including phenoxy) is 1. The predicted molar refractivity (Wildman–Crippen MR) is 183 cm³/mol. The third kappa shape index (κ3) is 10.6. The van der Waals surface area contributed by atoms with Crippen LogP contribution in [0.5, 0.6) is 0 Å². The van der Waals surface area contributed by atoms with E-state index in [2.05, 4.69) is 30.2 Å². The number of thiol groups is 1. The number of benzene rings is 3. The summed E-state index contributed by atoms with van der Waals surface area (Å²) in [5, 5.41) is 7.86. The predicted octanol–water partition coefficient (Wildman–Crippen LogP) is 8.15. The Bertz CT molecular complexity index is 1400. The number of amides is 3. The van der Waals surface area contributed by atoms with Crippen LogP contribution in [0, 0.1) is 13.8 Å². The Labute approximate surface area is 268 Å². The van der Waals surface area contributed by atoms with Crippen molar-refractivity contribution in [3.8, 4) is 0 Å². The van der Waals surface area contributed by atoms with Crippen LogP contribution in [0.2, 0.25) is 0 Å². The first kappa shape index (κ1) is 35.0. The van der Waals surface area contributed by atoms with Gasteiger partial charge >= 0.3 is 6.09 Å². The van der Waals surface area contributed by atoms with Crippen LogP contribution >= 0.6 is 12.6 Å². The van der Waals surface area contributed by atoms with Gasteiger partial charge in [-0.25, -0.2) is 4.79 Å². The van der Waals surface area contributed by atoms with Crippen LogP contribution in [-0.4, -0.2) is 46.7 Å². The summed E-state index contributed by atoms with van der Waals surface area (Å²) >= 11 is 4.42. The maximum atomic E-state index is 14.3. The first-order chi connectivity index (χ1) is 20.9. The minimum atomic E-state index is -0.977. The topological polar surface area (TPSA) is 87.7 Å². The lowest BCUT2D eigenvalue weighted by molar-refractivity contribution is -0.140. The van der Waals surface area contributed by atoms with E-state index >= 15 is 0 Å². The first-order valence-electron chi connectivity index (χ1n) is 15.7. The van der Waals surface area contributed by atoms with Crippen molar-refractivity contribution in [2.45, 2.75) is 97.8 Å². The summed E-state index contributed by atoms with van der Waals surface area (Å²) in [5.74, 6) is -0.645. The van der Waals surface area contributed by atoms with Gasteiger partial charge < -0.3 is 20.3 Å². The van der Waals surface area contributed by atoms with Crippen LogP contribution in [-0.2, 0) is 14.3 Å². The Hall–Kier alpha value is -3.52. The Morgan fingerprint density at radius 1 is 0.864 bits per heavy atom. The van der Waals surface area contributed by atoms with E-state index in [1.165, 1.54) is 6.42 Å². The molecule has 238 valence electrons. The zero-order chi connectivity index (χ0) is 32.3. The number of alkyl carbamates (subject to hydrolysis) is 1. The number of fused-ring (bicyclic) bond motifs is 1. The number of nitrogens with one attached hydrogen (secondary N) is 2. The molecule has 0 heterocycles. The van der Waals surface area contributed by atoms with Gasteiger partial charge in [0.05, 0.1) is 0 Å². The van der Waals surface area contributed by atoms with Crippen LogP contribution in [0.1, 0.15) is 89.0 Å². The second kappa shape index (κ2) is 16.5. The maximum absolute atomic E-state index is 14.3. The quantitative estimate of drug-likeness (QED) is 0.126. The Morgan fingerprint density at radius 3 is 2.14 bits per heavy atom. The van der Waals surface area contributed by atoms with Gasteiger partial charge in [-0.05, 0) is 69.5 Å². The molecule has 0 bridgehead atoms. The molecule has 44 heavy (non-hydrogen) atoms. The van der Waals surface area contributed by atoms with Crippen LogP contribution < -0.4 is 10.6 Å². The summed E-state index contributed by atoms with van der Waals surface area (Å²) in [7, 11) is 0. The molecule has 0 spiro atoms. The van der Waals surface area contributed by atoms with Crippen molar-refractivity contribution >= 4 is 47.0 Å². The van der Waals surface area contributed by atoms with E-state index in [0.717, 1.165) is 59.6 Å². The lowest BCUT2D eigenvalue weighted by Gasteiger charge is -2.34. The lowest BCUT2D eigenvalue weighted by atomic mass is 9.98. The summed E-state index contributed by atoms with van der Waals surface area (Å²) in [6.45, 7) is 11.8. The number of carbonyl (C=O) groups is 3.